The summed E-state index contributed by atoms with van der Waals surface area (Å²) in [7, 11) is 1.58. The Morgan fingerprint density at radius 1 is 1.33 bits per heavy atom. The molecule has 1 aromatic carbocycles. The standard InChI is InChI=1S/C11H12N4O3/c1-17-8-2-4-9(5-3-8)18-6-10(16)15-7-13-14-11(15)12/h2-5,7H,6H2,1H3,(H2,12,14). The highest BCUT2D eigenvalue weighted by molar-refractivity contribution is 5.82. The second-order valence-electron chi connectivity index (χ2n) is 3.42. The number of anilines is 1. The van der Waals surface area contributed by atoms with E-state index in [-0.39, 0.29) is 18.5 Å². The lowest BCUT2D eigenvalue weighted by atomic mass is 10.3. The highest BCUT2D eigenvalue weighted by Gasteiger charge is 2.09. The van der Waals surface area contributed by atoms with Gasteiger partial charge in [0.1, 0.15) is 17.8 Å². The molecule has 0 radical (unpaired) electrons. The summed E-state index contributed by atoms with van der Waals surface area (Å²) in [4.78, 5) is 11.7. The van der Waals surface area contributed by atoms with Crippen LogP contribution >= 0.6 is 0 Å². The van der Waals surface area contributed by atoms with E-state index in [4.69, 9.17) is 15.2 Å². The zero-order valence-corrected chi connectivity index (χ0v) is 9.74. The Kier molecular flexibility index (Phi) is 3.42. The molecule has 2 aromatic rings. The maximum Gasteiger partial charge on any atom is 0.272 e. The van der Waals surface area contributed by atoms with Crippen molar-refractivity contribution < 1.29 is 14.3 Å². The van der Waals surface area contributed by atoms with E-state index in [9.17, 15) is 4.79 Å². The van der Waals surface area contributed by atoms with E-state index in [0.717, 1.165) is 10.3 Å². The van der Waals surface area contributed by atoms with Gasteiger partial charge in [0.2, 0.25) is 5.95 Å². The number of carbonyl (C=O) groups excluding carboxylic acids is 1. The number of ether oxygens (including phenoxy) is 2. The summed E-state index contributed by atoms with van der Waals surface area (Å²) in [5.74, 6) is 0.985. The molecular formula is C11H12N4O3. The molecule has 0 bridgehead atoms. The number of nitrogens with zero attached hydrogens (tertiary/aromatic N) is 3. The summed E-state index contributed by atoms with van der Waals surface area (Å²) in [5, 5.41) is 7.03. The highest BCUT2D eigenvalue weighted by atomic mass is 16.5. The molecule has 18 heavy (non-hydrogen) atoms. The van der Waals surface area contributed by atoms with Gasteiger partial charge in [-0.25, -0.2) is 4.57 Å². The van der Waals surface area contributed by atoms with Crippen molar-refractivity contribution in [1.82, 2.24) is 14.8 Å². The Labute approximate surface area is 103 Å². The quantitative estimate of drug-likeness (QED) is 0.851. The fraction of sp³-hybridized carbons (Fsp3) is 0.182. The SMILES string of the molecule is COc1ccc(OCC(=O)n2cnnc2N)cc1. The average Bonchev–Trinajstić information content (AvgIpc) is 2.83. The van der Waals surface area contributed by atoms with Crippen molar-refractivity contribution in [2.24, 2.45) is 0 Å². The first-order valence-corrected chi connectivity index (χ1v) is 5.16. The van der Waals surface area contributed by atoms with Gasteiger partial charge in [0, 0.05) is 0 Å². The first kappa shape index (κ1) is 11.9. The predicted octanol–water partition coefficient (Wildman–Crippen LogP) is 0.588. The van der Waals surface area contributed by atoms with Crippen molar-refractivity contribution in [2.75, 3.05) is 19.5 Å². The van der Waals surface area contributed by atoms with Crippen molar-refractivity contribution in [3.05, 3.63) is 30.6 Å². The van der Waals surface area contributed by atoms with Gasteiger partial charge in [-0.2, -0.15) is 0 Å². The monoisotopic (exact) mass is 248 g/mol. The van der Waals surface area contributed by atoms with E-state index < -0.39 is 0 Å². The Morgan fingerprint density at radius 2 is 2.00 bits per heavy atom. The number of hydrogen-bond acceptors (Lipinski definition) is 6. The zero-order valence-electron chi connectivity index (χ0n) is 9.74. The van der Waals surface area contributed by atoms with Crippen molar-refractivity contribution in [3.8, 4) is 11.5 Å². The smallest absolute Gasteiger partial charge is 0.272 e. The number of methoxy groups -OCH3 is 1. The Balaban J connectivity index is 1.95. The molecule has 1 heterocycles. The normalized spacial score (nSPS) is 10.1. The minimum Gasteiger partial charge on any atom is -0.497 e. The van der Waals surface area contributed by atoms with Crippen LogP contribution in [-0.2, 0) is 0 Å². The Hall–Kier alpha value is -2.57. The maximum atomic E-state index is 11.7. The third kappa shape index (κ3) is 2.57. The van der Waals surface area contributed by atoms with E-state index in [1.807, 2.05) is 0 Å². The van der Waals surface area contributed by atoms with E-state index >= 15 is 0 Å². The minimum atomic E-state index is -0.340. The van der Waals surface area contributed by atoms with E-state index in [1.165, 1.54) is 6.33 Å². The molecule has 0 fully saturated rings. The first-order chi connectivity index (χ1) is 8.70. The second-order valence-corrected chi connectivity index (χ2v) is 3.42. The number of aromatic nitrogens is 3. The molecule has 0 aliphatic rings. The largest absolute Gasteiger partial charge is 0.497 e. The molecule has 2 N–H and O–H groups in total. The summed E-state index contributed by atoms with van der Waals surface area (Å²) in [5.41, 5.74) is 5.44. The Bertz CT molecular complexity index is 535. The second kappa shape index (κ2) is 5.17. The third-order valence-electron chi connectivity index (χ3n) is 2.26. The molecule has 94 valence electrons. The van der Waals surface area contributed by atoms with Gasteiger partial charge >= 0.3 is 0 Å². The number of hydrogen-bond donors (Lipinski definition) is 1. The van der Waals surface area contributed by atoms with Crippen LogP contribution in [0, 0.1) is 0 Å². The number of carbonyl (C=O) groups is 1. The van der Waals surface area contributed by atoms with Gasteiger partial charge in [0.25, 0.3) is 5.91 Å². The van der Waals surface area contributed by atoms with Gasteiger partial charge in [0.15, 0.2) is 6.61 Å². The van der Waals surface area contributed by atoms with Gasteiger partial charge < -0.3 is 15.2 Å². The molecule has 0 atom stereocenters. The minimum absolute atomic E-state index is 0.0401. The van der Waals surface area contributed by atoms with Crippen LogP contribution < -0.4 is 15.2 Å². The molecule has 0 saturated heterocycles. The summed E-state index contributed by atoms with van der Waals surface area (Å²) < 4.78 is 11.4. The van der Waals surface area contributed by atoms with Crippen LogP contribution in [0.4, 0.5) is 5.95 Å². The fourth-order valence-electron chi connectivity index (χ4n) is 1.32. The van der Waals surface area contributed by atoms with Crippen LogP contribution in [0.3, 0.4) is 0 Å². The lowest BCUT2D eigenvalue weighted by Crippen LogP contribution is -2.20. The van der Waals surface area contributed by atoms with E-state index in [2.05, 4.69) is 10.2 Å². The molecule has 0 saturated carbocycles. The van der Waals surface area contributed by atoms with Gasteiger partial charge in [-0.05, 0) is 24.3 Å². The summed E-state index contributed by atoms with van der Waals surface area (Å²) in [6.45, 7) is -0.144. The van der Waals surface area contributed by atoms with Gasteiger partial charge in [0.05, 0.1) is 7.11 Å². The van der Waals surface area contributed by atoms with Crippen LogP contribution in [0.5, 0.6) is 11.5 Å². The van der Waals surface area contributed by atoms with Gasteiger partial charge in [-0.3, -0.25) is 4.79 Å². The van der Waals surface area contributed by atoms with Crippen molar-refractivity contribution in [3.63, 3.8) is 0 Å². The zero-order chi connectivity index (χ0) is 13.0. The topological polar surface area (TPSA) is 92.3 Å². The predicted molar refractivity (Wildman–Crippen MR) is 63.5 cm³/mol. The van der Waals surface area contributed by atoms with Crippen LogP contribution in [0.15, 0.2) is 30.6 Å². The van der Waals surface area contributed by atoms with Crippen molar-refractivity contribution in [2.45, 2.75) is 0 Å². The van der Waals surface area contributed by atoms with Crippen LogP contribution in [0.2, 0.25) is 0 Å². The van der Waals surface area contributed by atoms with E-state index in [0.29, 0.717) is 5.75 Å². The van der Waals surface area contributed by atoms with Gasteiger partial charge in [-0.1, -0.05) is 0 Å². The molecule has 0 amide bonds. The summed E-state index contributed by atoms with van der Waals surface area (Å²) in [6.07, 6.45) is 1.25. The first-order valence-electron chi connectivity index (χ1n) is 5.16. The van der Waals surface area contributed by atoms with Crippen molar-refractivity contribution in [1.29, 1.82) is 0 Å². The molecule has 0 spiro atoms. The molecular weight excluding hydrogens is 236 g/mol. The van der Waals surface area contributed by atoms with Crippen LogP contribution in [0.25, 0.3) is 0 Å². The molecule has 0 aliphatic heterocycles. The maximum absolute atomic E-state index is 11.7. The molecule has 7 heteroatoms. The lowest BCUT2D eigenvalue weighted by Gasteiger charge is -2.06. The summed E-state index contributed by atoms with van der Waals surface area (Å²) in [6, 6.07) is 6.91. The third-order valence-corrected chi connectivity index (χ3v) is 2.26. The number of nitrogens with two attached hydrogens (primary N) is 1. The molecule has 7 nitrogen and oxygen atoms in total. The Morgan fingerprint density at radius 3 is 2.56 bits per heavy atom. The van der Waals surface area contributed by atoms with Crippen molar-refractivity contribution >= 4 is 11.9 Å². The number of rotatable bonds is 4. The van der Waals surface area contributed by atoms with Crippen LogP contribution in [0.1, 0.15) is 4.79 Å². The molecule has 2 rings (SSSR count). The number of benzene rings is 1. The van der Waals surface area contributed by atoms with Gasteiger partial charge in [-0.15, -0.1) is 10.2 Å². The lowest BCUT2D eigenvalue weighted by molar-refractivity contribution is 0.0840. The average molecular weight is 248 g/mol. The number of nitrogen functional groups attached to an aromatic ring is 1. The van der Waals surface area contributed by atoms with Crippen LogP contribution in [-0.4, -0.2) is 34.4 Å². The highest BCUT2D eigenvalue weighted by Crippen LogP contribution is 2.16. The fourth-order valence-corrected chi connectivity index (χ4v) is 1.32. The summed E-state index contributed by atoms with van der Waals surface area (Å²) >= 11 is 0. The molecule has 1 aromatic heterocycles. The molecule has 0 unspecified atom stereocenters. The van der Waals surface area contributed by atoms with E-state index in [1.54, 1.807) is 31.4 Å². The molecule has 0 aliphatic carbocycles.